The van der Waals surface area contributed by atoms with Crippen molar-refractivity contribution in [3.8, 4) is 6.07 Å². The fourth-order valence-electron chi connectivity index (χ4n) is 1.04. The van der Waals surface area contributed by atoms with Crippen LogP contribution < -0.4 is 0 Å². The minimum absolute atomic E-state index is 0.0444. The first kappa shape index (κ1) is 11.7. The number of rotatable bonds is 5. The van der Waals surface area contributed by atoms with Gasteiger partial charge in [0.05, 0.1) is 12.5 Å². The molecule has 1 amide bonds. The molecule has 0 aromatic carbocycles. The third-order valence-corrected chi connectivity index (χ3v) is 1.64. The minimum atomic E-state index is -0.0444. The number of hydrogen-bond donors (Lipinski definition) is 0. The van der Waals surface area contributed by atoms with Crippen molar-refractivity contribution in [2.45, 2.75) is 26.7 Å². The molecule has 0 saturated heterocycles. The van der Waals surface area contributed by atoms with Gasteiger partial charge >= 0.3 is 0 Å². The van der Waals surface area contributed by atoms with Gasteiger partial charge in [-0.05, 0) is 13.3 Å². The standard InChI is InChI=1S/C10H16N2O/c1-4-7-12(8-5-6-11)10(13)9(2)3/h2,4-5,7-8H2,1,3H3. The number of nitrogens with zero attached hydrogens (tertiary/aromatic N) is 2. The van der Waals surface area contributed by atoms with Crippen LogP contribution in [0, 0.1) is 11.3 Å². The predicted octanol–water partition coefficient (Wildman–Crippen LogP) is 1.71. The van der Waals surface area contributed by atoms with Crippen molar-refractivity contribution < 1.29 is 4.79 Å². The smallest absolute Gasteiger partial charge is 0.248 e. The molecule has 0 saturated carbocycles. The van der Waals surface area contributed by atoms with Crippen LogP contribution in [-0.4, -0.2) is 23.9 Å². The molecular weight excluding hydrogens is 164 g/mol. The molecule has 0 aromatic heterocycles. The second kappa shape index (κ2) is 6.24. The molecule has 0 aliphatic heterocycles. The van der Waals surface area contributed by atoms with Crippen LogP contribution in [0.1, 0.15) is 26.7 Å². The van der Waals surface area contributed by atoms with E-state index in [1.807, 2.05) is 13.0 Å². The first-order valence-corrected chi connectivity index (χ1v) is 4.45. The first-order valence-electron chi connectivity index (χ1n) is 4.45. The Morgan fingerprint density at radius 3 is 2.54 bits per heavy atom. The van der Waals surface area contributed by atoms with Crippen molar-refractivity contribution >= 4 is 5.91 Å². The maximum Gasteiger partial charge on any atom is 0.248 e. The molecule has 0 aliphatic carbocycles. The van der Waals surface area contributed by atoms with Crippen LogP contribution in [0.25, 0.3) is 0 Å². The Morgan fingerprint density at radius 1 is 1.54 bits per heavy atom. The summed E-state index contributed by atoms with van der Waals surface area (Å²) in [4.78, 5) is 13.1. The third-order valence-electron chi connectivity index (χ3n) is 1.64. The van der Waals surface area contributed by atoms with Gasteiger partial charge in [0.25, 0.3) is 0 Å². The van der Waals surface area contributed by atoms with E-state index in [0.29, 0.717) is 25.1 Å². The van der Waals surface area contributed by atoms with Gasteiger partial charge in [0, 0.05) is 18.7 Å². The van der Waals surface area contributed by atoms with Crippen LogP contribution in [0.5, 0.6) is 0 Å². The Bertz CT molecular complexity index is 228. The van der Waals surface area contributed by atoms with E-state index in [9.17, 15) is 4.79 Å². The molecule has 0 bridgehead atoms. The van der Waals surface area contributed by atoms with Crippen molar-refractivity contribution in [2.75, 3.05) is 13.1 Å². The number of nitriles is 1. The summed E-state index contributed by atoms with van der Waals surface area (Å²) in [5, 5.41) is 8.39. The van der Waals surface area contributed by atoms with E-state index in [2.05, 4.69) is 6.58 Å². The van der Waals surface area contributed by atoms with Gasteiger partial charge in [-0.2, -0.15) is 5.26 Å². The van der Waals surface area contributed by atoms with Gasteiger partial charge in [-0.25, -0.2) is 0 Å². The van der Waals surface area contributed by atoms with Crippen LogP contribution >= 0.6 is 0 Å². The number of carbonyl (C=O) groups excluding carboxylic acids is 1. The van der Waals surface area contributed by atoms with Gasteiger partial charge in [0.1, 0.15) is 0 Å². The monoisotopic (exact) mass is 180 g/mol. The Hall–Kier alpha value is -1.30. The van der Waals surface area contributed by atoms with E-state index < -0.39 is 0 Å². The average Bonchev–Trinajstić information content (AvgIpc) is 2.11. The second-order valence-electron chi connectivity index (χ2n) is 2.98. The second-order valence-corrected chi connectivity index (χ2v) is 2.98. The summed E-state index contributed by atoms with van der Waals surface area (Å²) in [6.45, 7) is 8.50. The van der Waals surface area contributed by atoms with E-state index in [0.717, 1.165) is 6.42 Å². The minimum Gasteiger partial charge on any atom is -0.338 e. The van der Waals surface area contributed by atoms with Gasteiger partial charge in [0.2, 0.25) is 5.91 Å². The van der Waals surface area contributed by atoms with Crippen LogP contribution in [0.2, 0.25) is 0 Å². The van der Waals surface area contributed by atoms with Gasteiger partial charge in [-0.15, -0.1) is 0 Å². The summed E-state index contributed by atoms with van der Waals surface area (Å²) in [6.07, 6.45) is 1.30. The summed E-state index contributed by atoms with van der Waals surface area (Å²) in [7, 11) is 0. The van der Waals surface area contributed by atoms with Crippen molar-refractivity contribution in [1.82, 2.24) is 4.90 Å². The zero-order chi connectivity index (χ0) is 10.3. The zero-order valence-corrected chi connectivity index (χ0v) is 8.34. The molecule has 0 fully saturated rings. The largest absolute Gasteiger partial charge is 0.338 e. The highest BCUT2D eigenvalue weighted by Gasteiger charge is 2.11. The SMILES string of the molecule is C=C(C)C(=O)N(CCC)CCC#N. The molecule has 0 heterocycles. The molecular formula is C10H16N2O. The fourth-order valence-corrected chi connectivity index (χ4v) is 1.04. The Morgan fingerprint density at radius 2 is 2.15 bits per heavy atom. The van der Waals surface area contributed by atoms with E-state index in [1.54, 1.807) is 11.8 Å². The predicted molar refractivity (Wildman–Crippen MR) is 51.9 cm³/mol. The quantitative estimate of drug-likeness (QED) is 0.604. The summed E-state index contributed by atoms with van der Waals surface area (Å²) in [6, 6.07) is 2.03. The molecule has 0 atom stereocenters. The number of carbonyl (C=O) groups is 1. The summed E-state index contributed by atoms with van der Waals surface area (Å²) in [5.41, 5.74) is 0.534. The Labute approximate surface area is 79.6 Å². The van der Waals surface area contributed by atoms with Crippen molar-refractivity contribution in [2.24, 2.45) is 0 Å². The molecule has 0 aliphatic rings. The van der Waals surface area contributed by atoms with E-state index in [4.69, 9.17) is 5.26 Å². The molecule has 0 rings (SSSR count). The third kappa shape index (κ3) is 4.32. The molecule has 3 heteroatoms. The van der Waals surface area contributed by atoms with Crippen LogP contribution in [-0.2, 0) is 4.79 Å². The Balaban J connectivity index is 4.16. The molecule has 0 N–H and O–H groups in total. The first-order chi connectivity index (χ1) is 6.13. The van der Waals surface area contributed by atoms with Crippen LogP contribution in [0.15, 0.2) is 12.2 Å². The summed E-state index contributed by atoms with van der Waals surface area (Å²) in [5.74, 6) is -0.0444. The normalized spacial score (nSPS) is 9.00. The molecule has 0 spiro atoms. The van der Waals surface area contributed by atoms with Crippen molar-refractivity contribution in [3.63, 3.8) is 0 Å². The number of hydrogen-bond acceptors (Lipinski definition) is 2. The Kier molecular flexibility index (Phi) is 5.62. The molecule has 72 valence electrons. The highest BCUT2D eigenvalue weighted by molar-refractivity contribution is 5.92. The summed E-state index contributed by atoms with van der Waals surface area (Å²) < 4.78 is 0. The topological polar surface area (TPSA) is 44.1 Å². The highest BCUT2D eigenvalue weighted by atomic mass is 16.2. The number of amides is 1. The van der Waals surface area contributed by atoms with E-state index in [1.165, 1.54) is 0 Å². The molecule has 0 aromatic rings. The highest BCUT2D eigenvalue weighted by Crippen LogP contribution is 2.01. The van der Waals surface area contributed by atoms with Gasteiger partial charge in [-0.3, -0.25) is 4.79 Å². The van der Waals surface area contributed by atoms with Gasteiger partial charge < -0.3 is 4.90 Å². The zero-order valence-electron chi connectivity index (χ0n) is 8.34. The molecule has 13 heavy (non-hydrogen) atoms. The van der Waals surface area contributed by atoms with Crippen LogP contribution in [0.4, 0.5) is 0 Å². The molecule has 3 nitrogen and oxygen atoms in total. The lowest BCUT2D eigenvalue weighted by atomic mass is 10.2. The van der Waals surface area contributed by atoms with Crippen molar-refractivity contribution in [1.29, 1.82) is 5.26 Å². The molecule has 0 radical (unpaired) electrons. The van der Waals surface area contributed by atoms with E-state index in [-0.39, 0.29) is 5.91 Å². The molecule has 0 unspecified atom stereocenters. The van der Waals surface area contributed by atoms with Gasteiger partial charge in [-0.1, -0.05) is 13.5 Å². The lowest BCUT2D eigenvalue weighted by molar-refractivity contribution is -0.127. The average molecular weight is 180 g/mol. The summed E-state index contributed by atoms with van der Waals surface area (Å²) >= 11 is 0. The van der Waals surface area contributed by atoms with Crippen molar-refractivity contribution in [3.05, 3.63) is 12.2 Å². The van der Waals surface area contributed by atoms with Gasteiger partial charge in [0.15, 0.2) is 0 Å². The lowest BCUT2D eigenvalue weighted by Crippen LogP contribution is -2.32. The van der Waals surface area contributed by atoms with E-state index >= 15 is 0 Å². The maximum atomic E-state index is 11.5. The fraction of sp³-hybridized carbons (Fsp3) is 0.600. The lowest BCUT2D eigenvalue weighted by Gasteiger charge is -2.20. The van der Waals surface area contributed by atoms with Crippen LogP contribution in [0.3, 0.4) is 0 Å². The maximum absolute atomic E-state index is 11.5.